The van der Waals surface area contributed by atoms with E-state index in [0.717, 1.165) is 105 Å². The van der Waals surface area contributed by atoms with E-state index in [-0.39, 0.29) is 0 Å². The van der Waals surface area contributed by atoms with Crippen LogP contribution in [0.25, 0.3) is 123 Å². The van der Waals surface area contributed by atoms with Crippen LogP contribution >= 0.6 is 0 Å². The first-order chi connectivity index (χ1) is 35.6. The van der Waals surface area contributed by atoms with E-state index in [2.05, 4.69) is 130 Å². The van der Waals surface area contributed by atoms with Crippen LogP contribution in [0.4, 0.5) is 0 Å². The van der Waals surface area contributed by atoms with Crippen LogP contribution in [0, 0.1) is 22.7 Å². The lowest BCUT2D eigenvalue weighted by Gasteiger charge is -2.19. The fraction of sp³-hybridized carbons (Fsp3) is 0. The third-order valence-corrected chi connectivity index (χ3v) is 13.6. The van der Waals surface area contributed by atoms with Gasteiger partial charge in [-0.15, -0.1) is 0 Å². The second-order valence-corrected chi connectivity index (χ2v) is 17.6. The van der Waals surface area contributed by atoms with Gasteiger partial charge in [0.05, 0.1) is 62.9 Å². The van der Waals surface area contributed by atoms with Crippen molar-refractivity contribution in [3.05, 3.63) is 242 Å². The van der Waals surface area contributed by atoms with Crippen LogP contribution < -0.4 is 0 Å². The van der Waals surface area contributed by atoms with E-state index >= 15 is 0 Å². The molecule has 0 aliphatic rings. The first kappa shape index (κ1) is 41.9. The predicted octanol–water partition coefficient (Wildman–Crippen LogP) is 15.2. The number of hydrogen-bond donors (Lipinski definition) is 0. The number of rotatable bonds is 8. The van der Waals surface area contributed by atoms with Gasteiger partial charge < -0.3 is 9.13 Å². The highest BCUT2D eigenvalue weighted by atomic mass is 15.0. The second kappa shape index (κ2) is 17.4. The number of nitriles is 2. The minimum atomic E-state index is 0.538. The van der Waals surface area contributed by atoms with Gasteiger partial charge in [0.15, 0.2) is 17.5 Å². The van der Waals surface area contributed by atoms with E-state index in [9.17, 15) is 10.5 Å². The van der Waals surface area contributed by atoms with Gasteiger partial charge in [-0.1, -0.05) is 146 Å². The molecule has 4 aromatic heterocycles. The molecule has 72 heavy (non-hydrogen) atoms. The van der Waals surface area contributed by atoms with E-state index < -0.39 is 0 Å². The molecule has 0 amide bonds. The minimum absolute atomic E-state index is 0.538. The van der Waals surface area contributed by atoms with E-state index in [4.69, 9.17) is 19.9 Å². The summed E-state index contributed by atoms with van der Waals surface area (Å²) >= 11 is 0. The van der Waals surface area contributed by atoms with E-state index in [1.165, 1.54) is 0 Å². The number of aromatic nitrogens is 6. The molecule has 0 unspecified atom stereocenters. The largest absolute Gasteiger partial charge is 0.309 e. The summed E-state index contributed by atoms with van der Waals surface area (Å²) in [6.07, 6.45) is 3.81. The summed E-state index contributed by atoms with van der Waals surface area (Å²) in [6.45, 7) is 0. The average molecular weight is 919 g/mol. The molecule has 0 radical (unpaired) electrons. The summed E-state index contributed by atoms with van der Waals surface area (Å²) in [7, 11) is 0. The topological polar surface area (TPSA) is 109 Å². The zero-order valence-electron chi connectivity index (χ0n) is 38.5. The lowest BCUT2D eigenvalue weighted by molar-refractivity contribution is 1.07. The third-order valence-electron chi connectivity index (χ3n) is 13.6. The lowest BCUT2D eigenvalue weighted by Crippen LogP contribution is -2.04. The van der Waals surface area contributed by atoms with Gasteiger partial charge >= 0.3 is 0 Å². The molecular formula is C64H38N8. The molecule has 0 fully saturated rings. The van der Waals surface area contributed by atoms with Gasteiger partial charge in [0.25, 0.3) is 0 Å². The molecule has 13 rings (SSSR count). The Morgan fingerprint density at radius 3 is 1.31 bits per heavy atom. The van der Waals surface area contributed by atoms with Crippen LogP contribution in [0.1, 0.15) is 11.1 Å². The normalized spacial score (nSPS) is 11.3. The van der Waals surface area contributed by atoms with Gasteiger partial charge in [-0.05, 0) is 95.1 Å². The summed E-state index contributed by atoms with van der Waals surface area (Å²) in [4.78, 5) is 20.2. The van der Waals surface area contributed by atoms with Crippen LogP contribution in [0.5, 0.6) is 0 Å². The molecule has 0 aliphatic carbocycles. The Morgan fingerprint density at radius 1 is 0.319 bits per heavy atom. The van der Waals surface area contributed by atoms with Gasteiger partial charge in [0, 0.05) is 55.6 Å². The Kier molecular flexibility index (Phi) is 10.1. The Morgan fingerprint density at radius 2 is 0.764 bits per heavy atom. The molecule has 0 aliphatic heterocycles. The van der Waals surface area contributed by atoms with Gasteiger partial charge in [0.1, 0.15) is 0 Å². The van der Waals surface area contributed by atoms with Crippen molar-refractivity contribution in [3.63, 3.8) is 0 Å². The molecule has 334 valence electrons. The summed E-state index contributed by atoms with van der Waals surface area (Å²) < 4.78 is 4.65. The fourth-order valence-electron chi connectivity index (χ4n) is 10.3. The summed E-state index contributed by atoms with van der Waals surface area (Å²) in [5.74, 6) is 1.69. The van der Waals surface area contributed by atoms with Gasteiger partial charge in [-0.3, -0.25) is 4.98 Å². The van der Waals surface area contributed by atoms with Crippen molar-refractivity contribution >= 4 is 43.6 Å². The SMILES string of the molecule is N#Cc1ccccc1-c1ccc2c(c1)c1ccccc1n2-c1ccc(-c2nc(-c3ccccc3)nc(-c3ccccc3)n2)cc1-c1ccncc1-n1c2ccccc2c2cc(-c3ccccc3C#N)ccc21. The summed E-state index contributed by atoms with van der Waals surface area (Å²) in [5.41, 5.74) is 15.3. The Labute approximate surface area is 414 Å². The van der Waals surface area contributed by atoms with Crippen LogP contribution in [0.3, 0.4) is 0 Å². The molecule has 4 heterocycles. The maximum atomic E-state index is 10.1. The molecule has 0 bridgehead atoms. The molecule has 13 aromatic rings. The number of para-hydroxylation sites is 2. The van der Waals surface area contributed by atoms with Crippen molar-refractivity contribution < 1.29 is 0 Å². The Hall–Kier alpha value is -10.3. The predicted molar refractivity (Wildman–Crippen MR) is 288 cm³/mol. The summed E-state index contributed by atoms with van der Waals surface area (Å²) in [6, 6.07) is 78.8. The zero-order valence-corrected chi connectivity index (χ0v) is 38.5. The zero-order chi connectivity index (χ0) is 48.1. The number of nitrogens with zero attached hydrogens (tertiary/aromatic N) is 8. The molecule has 8 heteroatoms. The highest BCUT2D eigenvalue weighted by Gasteiger charge is 2.23. The van der Waals surface area contributed by atoms with E-state index in [1.54, 1.807) is 0 Å². The van der Waals surface area contributed by atoms with Crippen molar-refractivity contribution in [3.8, 4) is 91.1 Å². The fourth-order valence-corrected chi connectivity index (χ4v) is 10.3. The third kappa shape index (κ3) is 6.98. The van der Waals surface area contributed by atoms with Crippen molar-refractivity contribution in [2.45, 2.75) is 0 Å². The molecule has 0 N–H and O–H groups in total. The van der Waals surface area contributed by atoms with Crippen molar-refractivity contribution in [2.75, 3.05) is 0 Å². The van der Waals surface area contributed by atoms with Crippen molar-refractivity contribution in [2.24, 2.45) is 0 Å². The molecule has 0 atom stereocenters. The number of fused-ring (bicyclic) bond motifs is 6. The Bertz CT molecular complexity index is 4310. The first-order valence-electron chi connectivity index (χ1n) is 23.7. The standard InChI is InChI=1S/C64H38N8/c65-38-46-19-7-9-21-48(46)43-27-30-58-53(35-43)50-23-11-13-25-56(50)71(58)59-32-29-45(64-69-62(41-15-3-1-4-16-41)68-63(70-64)42-17-5-2-6-18-42)37-55(59)52-33-34-67-40-61(52)72-57-26-14-12-24-51(57)54-36-44(28-31-60(54)72)49-22-10-8-20-47(49)39-66/h1-37,40H. The number of hydrogen-bond acceptors (Lipinski definition) is 6. The van der Waals surface area contributed by atoms with Crippen LogP contribution in [-0.2, 0) is 0 Å². The average Bonchev–Trinajstić information content (AvgIpc) is 3.97. The molecule has 0 saturated heterocycles. The van der Waals surface area contributed by atoms with Gasteiger partial charge in [-0.2, -0.15) is 10.5 Å². The molecule has 9 aromatic carbocycles. The maximum absolute atomic E-state index is 10.1. The summed E-state index contributed by atoms with van der Waals surface area (Å²) in [5, 5.41) is 24.5. The van der Waals surface area contributed by atoms with Gasteiger partial charge in [-0.25, -0.2) is 15.0 Å². The van der Waals surface area contributed by atoms with Crippen LogP contribution in [0.15, 0.2) is 231 Å². The van der Waals surface area contributed by atoms with E-state index in [0.29, 0.717) is 28.6 Å². The Balaban J connectivity index is 1.09. The van der Waals surface area contributed by atoms with E-state index in [1.807, 2.05) is 122 Å². The molecule has 8 nitrogen and oxygen atoms in total. The van der Waals surface area contributed by atoms with Crippen LogP contribution in [-0.4, -0.2) is 29.1 Å². The molecule has 0 spiro atoms. The smallest absolute Gasteiger partial charge is 0.164 e. The monoisotopic (exact) mass is 918 g/mol. The minimum Gasteiger partial charge on any atom is -0.309 e. The van der Waals surface area contributed by atoms with Crippen molar-refractivity contribution in [1.29, 1.82) is 10.5 Å². The molecule has 0 saturated carbocycles. The highest BCUT2D eigenvalue weighted by Crippen LogP contribution is 2.43. The lowest BCUT2D eigenvalue weighted by atomic mass is 9.98. The molecular weight excluding hydrogens is 881 g/mol. The maximum Gasteiger partial charge on any atom is 0.164 e. The first-order valence-corrected chi connectivity index (χ1v) is 23.7. The number of pyridine rings is 1. The quantitative estimate of drug-likeness (QED) is 0.150. The van der Waals surface area contributed by atoms with Crippen LogP contribution in [0.2, 0.25) is 0 Å². The second-order valence-electron chi connectivity index (χ2n) is 17.6. The highest BCUT2D eigenvalue weighted by molar-refractivity contribution is 6.13. The van der Waals surface area contributed by atoms with Gasteiger partial charge in [0.2, 0.25) is 0 Å². The number of benzene rings is 9. The van der Waals surface area contributed by atoms with Crippen molar-refractivity contribution in [1.82, 2.24) is 29.1 Å².